The summed E-state index contributed by atoms with van der Waals surface area (Å²) >= 11 is 0. The van der Waals surface area contributed by atoms with E-state index in [-0.39, 0.29) is 22.8 Å². The van der Waals surface area contributed by atoms with E-state index >= 15 is 0 Å². The van der Waals surface area contributed by atoms with E-state index in [4.69, 9.17) is 9.47 Å². The van der Waals surface area contributed by atoms with Crippen LogP contribution in [-0.4, -0.2) is 53.0 Å². The van der Waals surface area contributed by atoms with E-state index in [9.17, 15) is 18.0 Å². The first-order valence-corrected chi connectivity index (χ1v) is 9.59. The first-order valence-electron chi connectivity index (χ1n) is 8.15. The molecule has 0 aliphatic carbocycles. The molecule has 8 nitrogen and oxygen atoms in total. The number of benzene rings is 2. The zero-order valence-electron chi connectivity index (χ0n) is 16.0. The van der Waals surface area contributed by atoms with Crippen molar-refractivity contribution in [3.63, 3.8) is 0 Å². The molecule has 0 bridgehead atoms. The SMILES string of the molecule is COC(=O)c1ccc(COC(=O)c2ccc(OC)c(S(=O)(=O)N(C)C)c2)cc1. The molecule has 2 aromatic rings. The van der Waals surface area contributed by atoms with Crippen molar-refractivity contribution >= 4 is 22.0 Å². The van der Waals surface area contributed by atoms with Gasteiger partial charge in [-0.25, -0.2) is 22.3 Å². The van der Waals surface area contributed by atoms with E-state index in [2.05, 4.69) is 4.74 Å². The van der Waals surface area contributed by atoms with Gasteiger partial charge in [0, 0.05) is 14.1 Å². The summed E-state index contributed by atoms with van der Waals surface area (Å²) in [6.07, 6.45) is 0. The number of hydrogen-bond acceptors (Lipinski definition) is 7. The topological polar surface area (TPSA) is 99.2 Å². The van der Waals surface area contributed by atoms with Gasteiger partial charge in [0.15, 0.2) is 0 Å². The summed E-state index contributed by atoms with van der Waals surface area (Å²) in [7, 11) is 1.61. The molecule has 0 aromatic heterocycles. The van der Waals surface area contributed by atoms with E-state index in [0.29, 0.717) is 11.1 Å². The lowest BCUT2D eigenvalue weighted by molar-refractivity contribution is 0.0471. The zero-order chi connectivity index (χ0) is 20.9. The first-order chi connectivity index (χ1) is 13.2. The molecule has 0 atom stereocenters. The lowest BCUT2D eigenvalue weighted by Gasteiger charge is -2.15. The molecule has 0 amide bonds. The predicted molar refractivity (Wildman–Crippen MR) is 101 cm³/mol. The molecule has 0 spiro atoms. The summed E-state index contributed by atoms with van der Waals surface area (Å²) in [6.45, 7) is -0.0396. The summed E-state index contributed by atoms with van der Waals surface area (Å²) < 4.78 is 40.8. The van der Waals surface area contributed by atoms with Gasteiger partial charge >= 0.3 is 11.9 Å². The van der Waals surface area contributed by atoms with E-state index < -0.39 is 22.0 Å². The Kier molecular flexibility index (Phi) is 6.76. The van der Waals surface area contributed by atoms with Gasteiger partial charge in [0.05, 0.1) is 25.3 Å². The van der Waals surface area contributed by atoms with Crippen LogP contribution in [0.25, 0.3) is 0 Å². The third-order valence-electron chi connectivity index (χ3n) is 3.90. The van der Waals surface area contributed by atoms with Gasteiger partial charge in [-0.1, -0.05) is 12.1 Å². The van der Waals surface area contributed by atoms with Crippen LogP contribution in [0.1, 0.15) is 26.3 Å². The molecule has 0 N–H and O–H groups in total. The molecule has 0 radical (unpaired) electrons. The summed E-state index contributed by atoms with van der Waals surface area (Å²) in [5.41, 5.74) is 1.12. The monoisotopic (exact) mass is 407 g/mol. The Hall–Kier alpha value is -2.91. The van der Waals surface area contributed by atoms with Crippen LogP contribution in [0.5, 0.6) is 5.75 Å². The Balaban J connectivity index is 2.17. The van der Waals surface area contributed by atoms with E-state index in [1.54, 1.807) is 24.3 Å². The normalized spacial score (nSPS) is 11.2. The van der Waals surface area contributed by atoms with Crippen molar-refractivity contribution in [3.8, 4) is 5.75 Å². The highest BCUT2D eigenvalue weighted by atomic mass is 32.2. The molecule has 28 heavy (non-hydrogen) atoms. The van der Waals surface area contributed by atoms with E-state index in [0.717, 1.165) is 4.31 Å². The average Bonchev–Trinajstić information content (AvgIpc) is 2.71. The molecule has 9 heteroatoms. The Labute approximate surface area is 163 Å². The first kappa shape index (κ1) is 21.4. The van der Waals surface area contributed by atoms with Gasteiger partial charge in [0.1, 0.15) is 17.3 Å². The maximum absolute atomic E-state index is 12.4. The molecular formula is C19H21NO7S. The van der Waals surface area contributed by atoms with Crippen LogP contribution in [0, 0.1) is 0 Å². The highest BCUT2D eigenvalue weighted by Crippen LogP contribution is 2.27. The number of carbonyl (C=O) groups excluding carboxylic acids is 2. The van der Waals surface area contributed by atoms with Gasteiger partial charge in [-0.05, 0) is 35.9 Å². The van der Waals surface area contributed by atoms with Crippen LogP contribution in [0.2, 0.25) is 0 Å². The van der Waals surface area contributed by atoms with E-state index in [1.807, 2.05) is 0 Å². The Bertz CT molecular complexity index is 966. The smallest absolute Gasteiger partial charge is 0.338 e. The molecule has 0 aliphatic heterocycles. The van der Waals surface area contributed by atoms with Crippen LogP contribution in [-0.2, 0) is 26.1 Å². The van der Waals surface area contributed by atoms with Crippen LogP contribution in [0.3, 0.4) is 0 Å². The van der Waals surface area contributed by atoms with Crippen molar-refractivity contribution in [2.45, 2.75) is 11.5 Å². The van der Waals surface area contributed by atoms with Gasteiger partial charge < -0.3 is 14.2 Å². The molecule has 0 saturated carbocycles. The number of ether oxygens (including phenoxy) is 3. The highest BCUT2D eigenvalue weighted by Gasteiger charge is 2.24. The second-order valence-corrected chi connectivity index (χ2v) is 8.04. The van der Waals surface area contributed by atoms with Crippen LogP contribution < -0.4 is 4.74 Å². The van der Waals surface area contributed by atoms with Gasteiger partial charge in [-0.15, -0.1) is 0 Å². The van der Waals surface area contributed by atoms with Gasteiger partial charge in [-0.2, -0.15) is 0 Å². The number of methoxy groups -OCH3 is 2. The largest absolute Gasteiger partial charge is 0.495 e. The van der Waals surface area contributed by atoms with E-state index in [1.165, 1.54) is 46.5 Å². The minimum Gasteiger partial charge on any atom is -0.495 e. The minimum atomic E-state index is -3.80. The fourth-order valence-electron chi connectivity index (χ4n) is 2.29. The average molecular weight is 407 g/mol. The molecule has 2 rings (SSSR count). The van der Waals surface area contributed by atoms with Gasteiger partial charge in [-0.3, -0.25) is 0 Å². The van der Waals surface area contributed by atoms with Crippen molar-refractivity contribution in [2.24, 2.45) is 0 Å². The minimum absolute atomic E-state index is 0.0396. The number of rotatable bonds is 7. The third-order valence-corrected chi connectivity index (χ3v) is 5.74. The molecule has 0 fully saturated rings. The third kappa shape index (κ3) is 4.68. The Morgan fingerprint density at radius 2 is 1.54 bits per heavy atom. The van der Waals surface area contributed by atoms with Crippen molar-refractivity contribution in [1.29, 1.82) is 0 Å². The molecule has 0 unspecified atom stereocenters. The van der Waals surface area contributed by atoms with Crippen LogP contribution >= 0.6 is 0 Å². The standard InChI is InChI=1S/C19H21NO7S/c1-20(2)28(23,24)17-11-15(9-10-16(17)25-3)19(22)27-12-13-5-7-14(8-6-13)18(21)26-4/h5-11H,12H2,1-4H3. The lowest BCUT2D eigenvalue weighted by Crippen LogP contribution is -2.23. The van der Waals surface area contributed by atoms with Gasteiger partial charge in [0.2, 0.25) is 10.0 Å². The quantitative estimate of drug-likeness (QED) is 0.648. The fraction of sp³-hybridized carbons (Fsp3) is 0.263. The van der Waals surface area contributed by atoms with Gasteiger partial charge in [0.25, 0.3) is 0 Å². The number of nitrogens with zero attached hydrogens (tertiary/aromatic N) is 1. The van der Waals surface area contributed by atoms with Crippen LogP contribution in [0.15, 0.2) is 47.4 Å². The summed E-state index contributed by atoms with van der Waals surface area (Å²) in [5, 5.41) is 0. The summed E-state index contributed by atoms with van der Waals surface area (Å²) in [6, 6.07) is 10.4. The predicted octanol–water partition coefficient (Wildman–Crippen LogP) is 2.09. The lowest BCUT2D eigenvalue weighted by atomic mass is 10.1. The molecule has 0 saturated heterocycles. The molecule has 0 aliphatic rings. The molecular weight excluding hydrogens is 386 g/mol. The number of carbonyl (C=O) groups is 2. The summed E-state index contributed by atoms with van der Waals surface area (Å²) in [4.78, 5) is 23.6. The zero-order valence-corrected chi connectivity index (χ0v) is 16.8. The van der Waals surface area contributed by atoms with Crippen LogP contribution in [0.4, 0.5) is 0 Å². The second-order valence-electron chi connectivity index (χ2n) is 5.92. The number of esters is 2. The van der Waals surface area contributed by atoms with Crippen molar-refractivity contribution in [2.75, 3.05) is 28.3 Å². The second kappa shape index (κ2) is 8.85. The highest BCUT2D eigenvalue weighted by molar-refractivity contribution is 7.89. The van der Waals surface area contributed by atoms with Crippen molar-refractivity contribution in [3.05, 3.63) is 59.2 Å². The molecule has 150 valence electrons. The van der Waals surface area contributed by atoms with Crippen molar-refractivity contribution in [1.82, 2.24) is 4.31 Å². The Morgan fingerprint density at radius 3 is 2.07 bits per heavy atom. The molecule has 2 aromatic carbocycles. The maximum atomic E-state index is 12.4. The fourth-order valence-corrected chi connectivity index (χ4v) is 3.36. The molecule has 0 heterocycles. The number of sulfonamides is 1. The number of hydrogen-bond donors (Lipinski definition) is 0. The maximum Gasteiger partial charge on any atom is 0.338 e. The Morgan fingerprint density at radius 1 is 0.929 bits per heavy atom. The summed E-state index contributed by atoms with van der Waals surface area (Å²) in [5.74, 6) is -1.02. The van der Waals surface area contributed by atoms with Crippen molar-refractivity contribution < 1.29 is 32.2 Å².